The van der Waals surface area contributed by atoms with Crippen LogP contribution in [0.15, 0.2) is 0 Å². The Morgan fingerprint density at radius 1 is 1.11 bits per heavy atom. The number of ether oxygens (including phenoxy) is 1. The summed E-state index contributed by atoms with van der Waals surface area (Å²) in [5.74, 6) is 0.307. The lowest BCUT2D eigenvalue weighted by Gasteiger charge is -2.44. The second kappa shape index (κ2) is 5.19. The van der Waals surface area contributed by atoms with Gasteiger partial charge in [0.25, 0.3) is 0 Å². The summed E-state index contributed by atoms with van der Waals surface area (Å²) in [4.78, 5) is 2.64. The molecule has 2 heterocycles. The number of nitrogens with zero attached hydrogens (tertiary/aromatic N) is 2. The zero-order valence-electron chi connectivity index (χ0n) is 11.2. The number of rotatable bonds is 1. The SMILES string of the molecule is N#CC1CCN(C2CCOC3(CCCC3)C2)CC1. The molecule has 0 radical (unpaired) electrons. The van der Waals surface area contributed by atoms with E-state index >= 15 is 0 Å². The largest absolute Gasteiger partial charge is 0.375 e. The van der Waals surface area contributed by atoms with Crippen LogP contribution in [0.3, 0.4) is 0 Å². The van der Waals surface area contributed by atoms with Crippen LogP contribution in [0, 0.1) is 17.2 Å². The van der Waals surface area contributed by atoms with Crippen molar-refractivity contribution >= 4 is 0 Å². The molecule has 1 unspecified atom stereocenters. The van der Waals surface area contributed by atoms with Gasteiger partial charge in [-0.15, -0.1) is 0 Å². The Morgan fingerprint density at radius 2 is 1.83 bits per heavy atom. The Balaban J connectivity index is 1.58. The molecule has 1 atom stereocenters. The summed E-state index contributed by atoms with van der Waals surface area (Å²) in [7, 11) is 0. The molecule has 0 N–H and O–H groups in total. The molecule has 18 heavy (non-hydrogen) atoms. The van der Waals surface area contributed by atoms with Gasteiger partial charge in [-0.3, -0.25) is 0 Å². The Labute approximate surface area is 110 Å². The Hall–Kier alpha value is -0.590. The predicted molar refractivity (Wildman–Crippen MR) is 70.1 cm³/mol. The molecule has 0 amide bonds. The molecular weight excluding hydrogens is 224 g/mol. The quantitative estimate of drug-likeness (QED) is 0.716. The summed E-state index contributed by atoms with van der Waals surface area (Å²) in [6, 6.07) is 3.14. The molecule has 0 bridgehead atoms. The van der Waals surface area contributed by atoms with E-state index in [1.807, 2.05) is 0 Å². The van der Waals surface area contributed by atoms with E-state index < -0.39 is 0 Å². The summed E-state index contributed by atoms with van der Waals surface area (Å²) in [5, 5.41) is 8.97. The second-order valence-corrected chi connectivity index (χ2v) is 6.32. The maximum absolute atomic E-state index is 8.97. The van der Waals surface area contributed by atoms with Crippen LogP contribution in [-0.2, 0) is 4.74 Å². The molecule has 0 aromatic rings. The van der Waals surface area contributed by atoms with Gasteiger partial charge in [0.05, 0.1) is 11.7 Å². The number of nitriles is 1. The molecule has 3 nitrogen and oxygen atoms in total. The fourth-order valence-electron chi connectivity index (χ4n) is 4.08. The van der Waals surface area contributed by atoms with E-state index in [2.05, 4.69) is 11.0 Å². The monoisotopic (exact) mass is 248 g/mol. The highest BCUT2D eigenvalue weighted by Gasteiger charge is 2.41. The zero-order valence-corrected chi connectivity index (χ0v) is 11.2. The van der Waals surface area contributed by atoms with Crippen molar-refractivity contribution in [1.82, 2.24) is 4.90 Å². The lowest BCUT2D eigenvalue weighted by atomic mass is 9.86. The number of hydrogen-bond acceptors (Lipinski definition) is 3. The van der Waals surface area contributed by atoms with Gasteiger partial charge in [-0.1, -0.05) is 12.8 Å². The van der Waals surface area contributed by atoms with Crippen molar-refractivity contribution in [2.24, 2.45) is 5.92 Å². The maximum Gasteiger partial charge on any atom is 0.0697 e. The molecule has 3 heteroatoms. The van der Waals surface area contributed by atoms with Gasteiger partial charge >= 0.3 is 0 Å². The molecule has 1 aliphatic carbocycles. The fourth-order valence-corrected chi connectivity index (χ4v) is 4.08. The maximum atomic E-state index is 8.97. The van der Waals surface area contributed by atoms with Crippen LogP contribution in [0.2, 0.25) is 0 Å². The van der Waals surface area contributed by atoms with Crippen molar-refractivity contribution < 1.29 is 4.74 Å². The van der Waals surface area contributed by atoms with E-state index in [1.165, 1.54) is 38.5 Å². The highest BCUT2D eigenvalue weighted by Crippen LogP contribution is 2.41. The van der Waals surface area contributed by atoms with Gasteiger partial charge in [-0.2, -0.15) is 5.26 Å². The summed E-state index contributed by atoms with van der Waals surface area (Å²) in [5.41, 5.74) is 0.231. The zero-order chi connectivity index (χ0) is 12.4. The smallest absolute Gasteiger partial charge is 0.0697 e. The third kappa shape index (κ3) is 2.41. The van der Waals surface area contributed by atoms with Gasteiger partial charge in [0.1, 0.15) is 0 Å². The van der Waals surface area contributed by atoms with Gasteiger partial charge in [-0.25, -0.2) is 0 Å². The van der Waals surface area contributed by atoms with Crippen LogP contribution < -0.4 is 0 Å². The highest BCUT2D eigenvalue weighted by molar-refractivity contribution is 4.96. The normalized spacial score (nSPS) is 33.6. The second-order valence-electron chi connectivity index (χ2n) is 6.32. The molecule has 1 spiro atoms. The molecule has 3 rings (SSSR count). The number of hydrogen-bond donors (Lipinski definition) is 0. The van der Waals surface area contributed by atoms with Crippen LogP contribution in [0.5, 0.6) is 0 Å². The summed E-state index contributed by atoms with van der Waals surface area (Å²) < 4.78 is 6.11. The molecule has 3 fully saturated rings. The standard InChI is InChI=1S/C15H24N2O/c16-12-13-3-8-17(9-4-13)14-5-10-18-15(11-14)6-1-2-7-15/h13-14H,1-11H2. The minimum atomic E-state index is 0.231. The average molecular weight is 248 g/mol. The molecule has 0 aromatic heterocycles. The van der Waals surface area contributed by atoms with Crippen molar-refractivity contribution in [3.8, 4) is 6.07 Å². The molecule has 100 valence electrons. The van der Waals surface area contributed by atoms with Gasteiger partial charge in [0.15, 0.2) is 0 Å². The van der Waals surface area contributed by atoms with Crippen LogP contribution in [0.1, 0.15) is 51.4 Å². The van der Waals surface area contributed by atoms with Gasteiger partial charge in [0, 0.05) is 18.6 Å². The first-order valence-electron chi connectivity index (χ1n) is 7.59. The fraction of sp³-hybridized carbons (Fsp3) is 0.933. The lowest BCUT2D eigenvalue weighted by Crippen LogP contribution is -2.49. The Kier molecular flexibility index (Phi) is 3.59. The highest BCUT2D eigenvalue weighted by atomic mass is 16.5. The third-order valence-corrected chi connectivity index (χ3v) is 5.21. The summed E-state index contributed by atoms with van der Waals surface area (Å²) in [6.45, 7) is 3.20. The lowest BCUT2D eigenvalue weighted by molar-refractivity contribution is -0.104. The van der Waals surface area contributed by atoms with Gasteiger partial charge < -0.3 is 9.64 Å². The van der Waals surface area contributed by atoms with E-state index in [0.29, 0.717) is 5.92 Å². The Bertz CT molecular complexity index is 322. The van der Waals surface area contributed by atoms with E-state index in [-0.39, 0.29) is 5.60 Å². The van der Waals surface area contributed by atoms with Crippen molar-refractivity contribution in [3.63, 3.8) is 0 Å². The Morgan fingerprint density at radius 3 is 2.50 bits per heavy atom. The van der Waals surface area contributed by atoms with Crippen molar-refractivity contribution in [3.05, 3.63) is 0 Å². The van der Waals surface area contributed by atoms with E-state index in [0.717, 1.165) is 38.6 Å². The van der Waals surface area contributed by atoms with E-state index in [9.17, 15) is 0 Å². The van der Waals surface area contributed by atoms with E-state index in [4.69, 9.17) is 10.00 Å². The first-order valence-corrected chi connectivity index (χ1v) is 7.59. The summed E-state index contributed by atoms with van der Waals surface area (Å²) >= 11 is 0. The van der Waals surface area contributed by atoms with Gasteiger partial charge in [-0.05, 0) is 51.6 Å². The summed E-state index contributed by atoms with van der Waals surface area (Å²) in [6.07, 6.45) is 9.83. The predicted octanol–water partition coefficient (Wildman–Crippen LogP) is 2.71. The molecule has 2 aliphatic heterocycles. The third-order valence-electron chi connectivity index (χ3n) is 5.21. The minimum absolute atomic E-state index is 0.231. The minimum Gasteiger partial charge on any atom is -0.375 e. The van der Waals surface area contributed by atoms with Crippen LogP contribution in [-0.4, -0.2) is 36.2 Å². The molecule has 2 saturated heterocycles. The van der Waals surface area contributed by atoms with Crippen LogP contribution >= 0.6 is 0 Å². The molecule has 3 aliphatic rings. The molecule has 0 aromatic carbocycles. The number of likely N-dealkylation sites (tertiary alicyclic amines) is 1. The van der Waals surface area contributed by atoms with Crippen molar-refractivity contribution in [1.29, 1.82) is 5.26 Å². The molecule has 1 saturated carbocycles. The number of piperidine rings is 1. The van der Waals surface area contributed by atoms with E-state index in [1.54, 1.807) is 0 Å². The topological polar surface area (TPSA) is 36.3 Å². The van der Waals surface area contributed by atoms with Gasteiger partial charge in [0.2, 0.25) is 0 Å². The van der Waals surface area contributed by atoms with Crippen LogP contribution in [0.25, 0.3) is 0 Å². The van der Waals surface area contributed by atoms with Crippen molar-refractivity contribution in [2.75, 3.05) is 19.7 Å². The average Bonchev–Trinajstić information content (AvgIpc) is 2.87. The van der Waals surface area contributed by atoms with Crippen LogP contribution in [0.4, 0.5) is 0 Å². The molecular formula is C15H24N2O. The first-order chi connectivity index (χ1) is 8.81. The van der Waals surface area contributed by atoms with Crippen molar-refractivity contribution in [2.45, 2.75) is 63.0 Å². The first kappa shape index (κ1) is 12.4.